The Balaban J connectivity index is 1.81. The van der Waals surface area contributed by atoms with E-state index < -0.39 is 17.8 Å². The van der Waals surface area contributed by atoms with Crippen LogP contribution in [0.1, 0.15) is 43.0 Å². The predicted molar refractivity (Wildman–Crippen MR) is 105 cm³/mol. The van der Waals surface area contributed by atoms with Crippen LogP contribution in [0.4, 0.5) is 5.00 Å². The van der Waals surface area contributed by atoms with Gasteiger partial charge in [-0.1, -0.05) is 43.2 Å². The second-order valence-corrected chi connectivity index (χ2v) is 7.23. The Morgan fingerprint density at radius 1 is 1.11 bits per heavy atom. The number of ether oxygens (including phenoxy) is 1. The van der Waals surface area contributed by atoms with Crippen LogP contribution in [0, 0.1) is 0 Å². The lowest BCUT2D eigenvalue weighted by atomic mass is 10.0. The largest absolute Gasteiger partial charge is 0.462 e. The number of carbonyl (C=O) groups excluding carboxylic acids is 3. The van der Waals surface area contributed by atoms with Crippen LogP contribution in [0.25, 0.3) is 11.1 Å². The zero-order valence-corrected chi connectivity index (χ0v) is 15.9. The summed E-state index contributed by atoms with van der Waals surface area (Å²) in [5.41, 5.74) is 1.79. The summed E-state index contributed by atoms with van der Waals surface area (Å²) in [6.45, 7) is 1.94. The number of benzene rings is 1. The lowest BCUT2D eigenvalue weighted by molar-refractivity contribution is -0.136. The Bertz CT molecular complexity index is 826. The Kier molecular flexibility index (Phi) is 6.24. The van der Waals surface area contributed by atoms with Gasteiger partial charge >= 0.3 is 17.8 Å². The summed E-state index contributed by atoms with van der Waals surface area (Å²) in [5, 5.41) is 7.43. The van der Waals surface area contributed by atoms with E-state index in [-0.39, 0.29) is 18.2 Å². The van der Waals surface area contributed by atoms with E-state index in [1.807, 2.05) is 30.3 Å². The highest BCUT2D eigenvalue weighted by molar-refractivity contribution is 7.15. The molecule has 1 aromatic heterocycles. The quantitative estimate of drug-likeness (QED) is 0.607. The van der Waals surface area contributed by atoms with Crippen molar-refractivity contribution in [3.63, 3.8) is 0 Å². The molecule has 0 bridgehead atoms. The van der Waals surface area contributed by atoms with Crippen molar-refractivity contribution in [2.24, 2.45) is 0 Å². The van der Waals surface area contributed by atoms with Crippen LogP contribution in [-0.4, -0.2) is 30.4 Å². The number of rotatable bonds is 5. The van der Waals surface area contributed by atoms with Gasteiger partial charge in [-0.25, -0.2) is 4.79 Å². The molecule has 27 heavy (non-hydrogen) atoms. The molecule has 1 heterocycles. The summed E-state index contributed by atoms with van der Waals surface area (Å²) in [6, 6.07) is 9.43. The molecule has 0 radical (unpaired) electrons. The van der Waals surface area contributed by atoms with E-state index in [0.717, 1.165) is 31.2 Å². The Hall–Kier alpha value is -2.67. The van der Waals surface area contributed by atoms with Crippen LogP contribution in [0.3, 0.4) is 0 Å². The Labute approximate surface area is 161 Å². The summed E-state index contributed by atoms with van der Waals surface area (Å²) in [6.07, 6.45) is 3.91. The number of thiophene rings is 1. The molecule has 0 aliphatic heterocycles. The normalized spacial score (nSPS) is 14.0. The first-order valence-electron chi connectivity index (χ1n) is 9.06. The first-order chi connectivity index (χ1) is 13.1. The van der Waals surface area contributed by atoms with Crippen molar-refractivity contribution in [3.05, 3.63) is 41.3 Å². The molecule has 6 nitrogen and oxygen atoms in total. The van der Waals surface area contributed by atoms with Gasteiger partial charge in [0.05, 0.1) is 6.61 Å². The number of carbonyl (C=O) groups is 3. The molecule has 1 aliphatic rings. The van der Waals surface area contributed by atoms with Crippen molar-refractivity contribution >= 4 is 34.1 Å². The molecule has 0 spiro atoms. The van der Waals surface area contributed by atoms with E-state index in [1.165, 1.54) is 11.3 Å². The van der Waals surface area contributed by atoms with Gasteiger partial charge in [0.15, 0.2) is 0 Å². The van der Waals surface area contributed by atoms with Crippen molar-refractivity contribution < 1.29 is 19.1 Å². The van der Waals surface area contributed by atoms with Gasteiger partial charge in [0.2, 0.25) is 0 Å². The van der Waals surface area contributed by atoms with Crippen LogP contribution in [0.2, 0.25) is 0 Å². The molecule has 7 heteroatoms. The van der Waals surface area contributed by atoms with Crippen LogP contribution in [0.15, 0.2) is 35.7 Å². The fourth-order valence-corrected chi connectivity index (χ4v) is 4.12. The van der Waals surface area contributed by atoms with Crippen molar-refractivity contribution in [2.75, 3.05) is 11.9 Å². The number of nitrogens with one attached hydrogen (secondary N) is 2. The first kappa shape index (κ1) is 19.1. The average Bonchev–Trinajstić information content (AvgIpc) is 3.32. The monoisotopic (exact) mass is 386 g/mol. The van der Waals surface area contributed by atoms with Gasteiger partial charge in [0.25, 0.3) is 0 Å². The number of anilines is 1. The molecular formula is C20H22N2O4S. The zero-order valence-electron chi connectivity index (χ0n) is 15.1. The lowest BCUT2D eigenvalue weighted by Crippen LogP contribution is -2.40. The van der Waals surface area contributed by atoms with E-state index in [2.05, 4.69) is 10.6 Å². The minimum atomic E-state index is -0.770. The van der Waals surface area contributed by atoms with Crippen molar-refractivity contribution in [1.29, 1.82) is 0 Å². The van der Waals surface area contributed by atoms with E-state index in [0.29, 0.717) is 10.6 Å². The number of amides is 2. The average molecular weight is 386 g/mol. The fraction of sp³-hybridized carbons (Fsp3) is 0.350. The van der Waals surface area contributed by atoms with E-state index >= 15 is 0 Å². The molecule has 2 amide bonds. The van der Waals surface area contributed by atoms with Crippen LogP contribution in [-0.2, 0) is 14.3 Å². The Morgan fingerprint density at radius 2 is 1.81 bits per heavy atom. The van der Waals surface area contributed by atoms with Crippen LogP contribution in [0.5, 0.6) is 0 Å². The minimum Gasteiger partial charge on any atom is -0.462 e. The molecule has 2 aromatic rings. The summed E-state index contributed by atoms with van der Waals surface area (Å²) >= 11 is 1.20. The molecule has 1 aliphatic carbocycles. The maximum atomic E-state index is 12.5. The molecule has 3 rings (SSSR count). The highest BCUT2D eigenvalue weighted by atomic mass is 32.1. The summed E-state index contributed by atoms with van der Waals surface area (Å²) < 4.78 is 5.15. The smallest absolute Gasteiger partial charge is 0.341 e. The number of esters is 1. The van der Waals surface area contributed by atoms with Gasteiger partial charge in [0, 0.05) is 17.0 Å². The van der Waals surface area contributed by atoms with Crippen molar-refractivity contribution in [2.45, 2.75) is 38.6 Å². The van der Waals surface area contributed by atoms with Gasteiger partial charge in [-0.2, -0.15) is 0 Å². The van der Waals surface area contributed by atoms with Gasteiger partial charge in [-0.15, -0.1) is 11.3 Å². The second-order valence-electron chi connectivity index (χ2n) is 6.35. The molecule has 0 saturated heterocycles. The van der Waals surface area contributed by atoms with Gasteiger partial charge < -0.3 is 15.4 Å². The van der Waals surface area contributed by atoms with E-state index in [9.17, 15) is 14.4 Å². The van der Waals surface area contributed by atoms with Crippen molar-refractivity contribution in [3.8, 4) is 11.1 Å². The third kappa shape index (κ3) is 4.54. The predicted octanol–water partition coefficient (Wildman–Crippen LogP) is 3.59. The summed E-state index contributed by atoms with van der Waals surface area (Å²) in [7, 11) is 0. The van der Waals surface area contributed by atoms with Gasteiger partial charge in [0.1, 0.15) is 10.6 Å². The maximum Gasteiger partial charge on any atom is 0.341 e. The fourth-order valence-electron chi connectivity index (χ4n) is 3.17. The van der Waals surface area contributed by atoms with Crippen LogP contribution < -0.4 is 10.6 Å². The minimum absolute atomic E-state index is 0.0518. The molecule has 1 fully saturated rings. The highest BCUT2D eigenvalue weighted by Gasteiger charge is 2.26. The lowest BCUT2D eigenvalue weighted by Gasteiger charge is -2.12. The molecule has 1 saturated carbocycles. The zero-order chi connectivity index (χ0) is 19.2. The van der Waals surface area contributed by atoms with E-state index in [1.54, 1.807) is 12.3 Å². The summed E-state index contributed by atoms with van der Waals surface area (Å²) in [4.78, 5) is 36.9. The van der Waals surface area contributed by atoms with Gasteiger partial charge in [-0.05, 0) is 25.3 Å². The SMILES string of the molecule is CCOC(=O)c1c(-c2ccccc2)csc1NC(=O)C(=O)NC1CCCC1. The first-order valence-corrected chi connectivity index (χ1v) is 9.94. The molecule has 142 valence electrons. The van der Waals surface area contributed by atoms with Crippen LogP contribution >= 0.6 is 11.3 Å². The Morgan fingerprint density at radius 3 is 2.48 bits per heavy atom. The topological polar surface area (TPSA) is 84.5 Å². The second kappa shape index (κ2) is 8.81. The number of hydrogen-bond donors (Lipinski definition) is 2. The van der Waals surface area contributed by atoms with Gasteiger partial charge in [-0.3, -0.25) is 9.59 Å². The third-order valence-corrected chi connectivity index (χ3v) is 5.37. The van der Waals surface area contributed by atoms with E-state index in [4.69, 9.17) is 4.74 Å². The number of hydrogen-bond acceptors (Lipinski definition) is 5. The maximum absolute atomic E-state index is 12.5. The molecule has 0 unspecified atom stereocenters. The molecule has 0 atom stereocenters. The standard InChI is InChI=1S/C20H22N2O4S/c1-2-26-20(25)16-15(13-8-4-3-5-9-13)12-27-19(16)22-18(24)17(23)21-14-10-6-7-11-14/h3-5,8-9,12,14H,2,6-7,10-11H2,1H3,(H,21,23)(H,22,24). The highest BCUT2D eigenvalue weighted by Crippen LogP contribution is 2.36. The molecule has 1 aromatic carbocycles. The molecule has 2 N–H and O–H groups in total. The molecular weight excluding hydrogens is 364 g/mol. The summed E-state index contributed by atoms with van der Waals surface area (Å²) in [5.74, 6) is -1.97. The third-order valence-electron chi connectivity index (χ3n) is 4.48. The van der Waals surface area contributed by atoms with Crippen molar-refractivity contribution in [1.82, 2.24) is 5.32 Å².